The first kappa shape index (κ1) is 30.3. The van der Waals surface area contributed by atoms with E-state index < -0.39 is 17.7 Å². The Morgan fingerprint density at radius 1 is 1.00 bits per heavy atom. The SMILES string of the molecule is Cc1ccc(C)c(C(O)=C2C(=O)C(=O)N(c3nnc(SCc4ccc(Cl)cc4Cl)s3)C2c2ccc(C(C)(C)C)cc2)c1. The molecular weight excluding hydrogens is 609 g/mol. The van der Waals surface area contributed by atoms with Crippen LogP contribution < -0.4 is 4.90 Å². The van der Waals surface area contributed by atoms with Crippen molar-refractivity contribution in [3.63, 3.8) is 0 Å². The summed E-state index contributed by atoms with van der Waals surface area (Å²) in [6.45, 7) is 10.1. The maximum atomic E-state index is 13.6. The van der Waals surface area contributed by atoms with E-state index in [1.807, 2.05) is 62.4 Å². The van der Waals surface area contributed by atoms with E-state index >= 15 is 0 Å². The maximum absolute atomic E-state index is 13.6. The predicted octanol–water partition coefficient (Wildman–Crippen LogP) is 8.68. The third-order valence-corrected chi connectivity index (χ3v) is 9.84. The van der Waals surface area contributed by atoms with E-state index in [1.165, 1.54) is 28.0 Å². The first-order valence-electron chi connectivity index (χ1n) is 13.2. The first-order chi connectivity index (χ1) is 19.8. The van der Waals surface area contributed by atoms with Gasteiger partial charge in [0.05, 0.1) is 11.6 Å². The number of hydrogen-bond donors (Lipinski definition) is 1. The van der Waals surface area contributed by atoms with E-state index in [1.54, 1.807) is 12.1 Å². The highest BCUT2D eigenvalue weighted by atomic mass is 35.5. The van der Waals surface area contributed by atoms with Gasteiger partial charge in [0.2, 0.25) is 5.13 Å². The minimum absolute atomic E-state index is 0.0227. The molecule has 216 valence electrons. The molecule has 42 heavy (non-hydrogen) atoms. The van der Waals surface area contributed by atoms with Crippen LogP contribution in [0.15, 0.2) is 70.6 Å². The Bertz CT molecular complexity index is 1730. The molecule has 10 heteroatoms. The number of benzene rings is 3. The molecule has 4 aromatic rings. The van der Waals surface area contributed by atoms with Crippen LogP contribution in [0.3, 0.4) is 0 Å². The van der Waals surface area contributed by atoms with Gasteiger partial charge in [-0.2, -0.15) is 0 Å². The molecule has 0 spiro atoms. The van der Waals surface area contributed by atoms with Crippen molar-refractivity contribution in [2.45, 2.75) is 56.2 Å². The number of ketones is 1. The van der Waals surface area contributed by atoms with E-state index in [0.717, 1.165) is 22.3 Å². The number of carbonyl (C=O) groups excluding carboxylic acids is 2. The minimum Gasteiger partial charge on any atom is -0.507 e. The van der Waals surface area contributed by atoms with E-state index in [0.29, 0.717) is 31.3 Å². The average Bonchev–Trinajstić information content (AvgIpc) is 3.50. The molecule has 0 radical (unpaired) electrons. The van der Waals surface area contributed by atoms with Crippen LogP contribution in [-0.4, -0.2) is 27.0 Å². The van der Waals surface area contributed by atoms with Crippen LogP contribution in [0.1, 0.15) is 60.2 Å². The lowest BCUT2D eigenvalue weighted by Crippen LogP contribution is -2.29. The topological polar surface area (TPSA) is 83.4 Å². The molecule has 5 rings (SSSR count). The van der Waals surface area contributed by atoms with Crippen LogP contribution >= 0.6 is 46.3 Å². The Balaban J connectivity index is 1.57. The molecule has 1 fully saturated rings. The van der Waals surface area contributed by atoms with Crippen LogP contribution in [0.5, 0.6) is 0 Å². The highest BCUT2D eigenvalue weighted by Crippen LogP contribution is 2.45. The van der Waals surface area contributed by atoms with Gasteiger partial charge in [-0.25, -0.2) is 0 Å². The van der Waals surface area contributed by atoms with Gasteiger partial charge in [-0.15, -0.1) is 10.2 Å². The number of anilines is 1. The molecule has 0 aliphatic carbocycles. The van der Waals surface area contributed by atoms with Crippen LogP contribution in [-0.2, 0) is 20.8 Å². The second-order valence-electron chi connectivity index (χ2n) is 11.2. The largest absolute Gasteiger partial charge is 0.507 e. The predicted molar refractivity (Wildman–Crippen MR) is 172 cm³/mol. The lowest BCUT2D eigenvalue weighted by molar-refractivity contribution is -0.132. The Labute approximate surface area is 263 Å². The summed E-state index contributed by atoms with van der Waals surface area (Å²) >= 11 is 15.0. The van der Waals surface area contributed by atoms with Crippen LogP contribution in [0.2, 0.25) is 10.0 Å². The van der Waals surface area contributed by atoms with Crippen molar-refractivity contribution in [2.75, 3.05) is 4.90 Å². The van der Waals surface area contributed by atoms with Crippen molar-refractivity contribution in [3.8, 4) is 0 Å². The van der Waals surface area contributed by atoms with Crippen molar-refractivity contribution in [2.24, 2.45) is 0 Å². The number of thioether (sulfide) groups is 1. The van der Waals surface area contributed by atoms with Crippen molar-refractivity contribution in [3.05, 3.63) is 110 Å². The highest BCUT2D eigenvalue weighted by molar-refractivity contribution is 8.00. The van der Waals surface area contributed by atoms with Gasteiger partial charge in [0.25, 0.3) is 5.78 Å². The van der Waals surface area contributed by atoms with Gasteiger partial charge >= 0.3 is 5.91 Å². The summed E-state index contributed by atoms with van der Waals surface area (Å²) in [6, 6.07) is 17.9. The van der Waals surface area contributed by atoms with Gasteiger partial charge in [-0.05, 0) is 59.7 Å². The molecule has 1 unspecified atom stereocenters. The van der Waals surface area contributed by atoms with Crippen LogP contribution in [0, 0.1) is 13.8 Å². The van der Waals surface area contributed by atoms with Crippen molar-refractivity contribution in [1.82, 2.24) is 10.2 Å². The van der Waals surface area contributed by atoms with Gasteiger partial charge in [-0.3, -0.25) is 14.5 Å². The van der Waals surface area contributed by atoms with E-state index in [9.17, 15) is 14.7 Å². The van der Waals surface area contributed by atoms with Gasteiger partial charge in [0.15, 0.2) is 4.34 Å². The first-order valence-corrected chi connectivity index (χ1v) is 15.8. The summed E-state index contributed by atoms with van der Waals surface area (Å²) < 4.78 is 0.606. The molecule has 1 aliphatic rings. The summed E-state index contributed by atoms with van der Waals surface area (Å²) in [5, 5.41) is 21.5. The number of nitrogens with zero attached hydrogens (tertiary/aromatic N) is 3. The number of halogens is 2. The molecule has 1 saturated heterocycles. The molecule has 0 saturated carbocycles. The maximum Gasteiger partial charge on any atom is 0.301 e. The Morgan fingerprint density at radius 3 is 2.38 bits per heavy atom. The molecule has 2 heterocycles. The summed E-state index contributed by atoms with van der Waals surface area (Å²) in [5.74, 6) is -1.22. The van der Waals surface area contributed by atoms with Gasteiger partial charge < -0.3 is 5.11 Å². The van der Waals surface area contributed by atoms with Crippen molar-refractivity contribution < 1.29 is 14.7 Å². The molecule has 0 bridgehead atoms. The third kappa shape index (κ3) is 5.99. The second-order valence-corrected chi connectivity index (χ2v) is 14.3. The molecule has 1 atom stereocenters. The fraction of sp³-hybridized carbons (Fsp3) is 0.250. The molecule has 1 aliphatic heterocycles. The number of aliphatic hydroxyl groups is 1. The van der Waals surface area contributed by atoms with Crippen LogP contribution in [0.4, 0.5) is 5.13 Å². The number of rotatable bonds is 6. The van der Waals surface area contributed by atoms with Gasteiger partial charge in [-0.1, -0.05) is 115 Å². The highest BCUT2D eigenvalue weighted by Gasteiger charge is 2.48. The number of hydrogen-bond acceptors (Lipinski definition) is 7. The smallest absolute Gasteiger partial charge is 0.301 e. The molecule has 6 nitrogen and oxygen atoms in total. The normalized spacial score (nSPS) is 16.8. The number of aromatic nitrogens is 2. The van der Waals surface area contributed by atoms with Gasteiger partial charge in [0, 0.05) is 21.4 Å². The lowest BCUT2D eigenvalue weighted by Gasteiger charge is -2.24. The number of carbonyl (C=O) groups is 2. The number of aliphatic hydroxyl groups excluding tert-OH is 1. The molecule has 1 aromatic heterocycles. The summed E-state index contributed by atoms with van der Waals surface area (Å²) in [7, 11) is 0. The van der Waals surface area contributed by atoms with E-state index in [4.69, 9.17) is 23.2 Å². The molecule has 1 amide bonds. The zero-order valence-corrected chi connectivity index (χ0v) is 26.9. The minimum atomic E-state index is -0.879. The second kappa shape index (κ2) is 11.8. The third-order valence-electron chi connectivity index (χ3n) is 7.15. The van der Waals surface area contributed by atoms with Crippen LogP contribution in [0.25, 0.3) is 5.76 Å². The lowest BCUT2D eigenvalue weighted by atomic mass is 9.85. The number of Topliss-reactive ketones (excluding diaryl/α,β-unsaturated/α-hetero) is 1. The number of amides is 1. The molecule has 3 aromatic carbocycles. The fourth-order valence-electron chi connectivity index (χ4n) is 4.78. The van der Waals surface area contributed by atoms with Crippen molar-refractivity contribution in [1.29, 1.82) is 0 Å². The zero-order chi connectivity index (χ0) is 30.3. The average molecular weight is 639 g/mol. The van der Waals surface area contributed by atoms with Crippen molar-refractivity contribution >= 4 is 68.9 Å². The molecule has 1 N–H and O–H groups in total. The quantitative estimate of drug-likeness (QED) is 0.0748. The Morgan fingerprint density at radius 2 is 1.71 bits per heavy atom. The monoisotopic (exact) mass is 637 g/mol. The number of aryl methyl sites for hydroxylation is 2. The zero-order valence-electron chi connectivity index (χ0n) is 23.7. The Kier molecular flexibility index (Phi) is 8.54. The summed E-state index contributed by atoms with van der Waals surface area (Å²) in [5.41, 5.74) is 4.84. The summed E-state index contributed by atoms with van der Waals surface area (Å²) in [4.78, 5) is 28.6. The van der Waals surface area contributed by atoms with E-state index in [2.05, 4.69) is 31.0 Å². The van der Waals surface area contributed by atoms with Gasteiger partial charge in [0.1, 0.15) is 5.76 Å². The van der Waals surface area contributed by atoms with E-state index in [-0.39, 0.29) is 21.9 Å². The summed E-state index contributed by atoms with van der Waals surface area (Å²) in [6.07, 6.45) is 0. The molecular formula is C32H29Cl2N3O3S2. The fourth-order valence-corrected chi connectivity index (χ4v) is 7.21. The Hall–Kier alpha value is -3.17. The standard InChI is InChI=1S/C32H29Cl2N3O3S2/c1-17-6-7-18(2)23(14-17)27(38)25-26(19-8-11-21(12-9-19)32(3,4)5)37(29(40)28(25)39)30-35-36-31(42-30)41-16-20-10-13-22(33)15-24(20)34/h6-15,26,38H,16H2,1-5H3.